The lowest BCUT2D eigenvalue weighted by atomic mass is 10.3. The Bertz CT molecular complexity index is 190. The number of nitrogens with zero attached hydrogens (tertiary/aromatic N) is 3. The van der Waals surface area contributed by atoms with Crippen molar-refractivity contribution in [1.82, 2.24) is 9.97 Å². The van der Waals surface area contributed by atoms with Crippen molar-refractivity contribution in [2.45, 2.75) is 6.42 Å². The van der Waals surface area contributed by atoms with E-state index in [-0.39, 0.29) is 0 Å². The number of hydrogen-bond donors (Lipinski definition) is 2. The molecule has 3 N–H and O–H groups in total. The molecule has 0 aliphatic carbocycles. The zero-order chi connectivity index (χ0) is 7.23. The van der Waals surface area contributed by atoms with Crippen LogP contribution >= 0.6 is 0 Å². The lowest BCUT2D eigenvalue weighted by Crippen LogP contribution is -1.89. The van der Waals surface area contributed by atoms with Crippen LogP contribution in [0.3, 0.4) is 0 Å². The van der Waals surface area contributed by atoms with E-state index in [4.69, 9.17) is 5.84 Å². The Balaban J connectivity index is 2.28. The highest BCUT2D eigenvalue weighted by Gasteiger charge is 1.90. The summed E-state index contributed by atoms with van der Waals surface area (Å²) >= 11 is 0. The van der Waals surface area contributed by atoms with Gasteiger partial charge in [-0.25, -0.2) is 4.98 Å². The molecule has 0 saturated carbocycles. The van der Waals surface area contributed by atoms with Crippen LogP contribution in [-0.2, 0) is 6.42 Å². The summed E-state index contributed by atoms with van der Waals surface area (Å²) < 4.78 is 0. The van der Waals surface area contributed by atoms with Crippen molar-refractivity contribution in [2.75, 3.05) is 6.54 Å². The second-order valence-electron chi connectivity index (χ2n) is 1.81. The highest BCUT2D eigenvalue weighted by atomic mass is 15.3. The molecule has 0 aromatic carbocycles. The molecule has 0 fully saturated rings. The molecule has 1 aromatic rings. The Hall–Kier alpha value is -1.39. The molecular weight excluding hydrogens is 130 g/mol. The molecule has 0 saturated heterocycles. The van der Waals surface area contributed by atoms with Gasteiger partial charge in [0.15, 0.2) is 0 Å². The molecule has 0 atom stereocenters. The molecule has 0 unspecified atom stereocenters. The summed E-state index contributed by atoms with van der Waals surface area (Å²) in [6, 6.07) is 0. The fraction of sp³-hybridized carbons (Fsp3) is 0.400. The maximum Gasteiger partial charge on any atom is 0.0921 e. The highest BCUT2D eigenvalue weighted by molar-refractivity contribution is 4.94. The van der Waals surface area contributed by atoms with Crippen LogP contribution in [0.1, 0.15) is 5.69 Å². The van der Waals surface area contributed by atoms with E-state index in [9.17, 15) is 0 Å². The van der Waals surface area contributed by atoms with Gasteiger partial charge in [0.25, 0.3) is 0 Å². The molecule has 1 rings (SSSR count). The van der Waals surface area contributed by atoms with Gasteiger partial charge in [0, 0.05) is 18.3 Å². The fourth-order valence-corrected chi connectivity index (χ4v) is 0.650. The lowest BCUT2D eigenvalue weighted by molar-refractivity contribution is 0.845. The van der Waals surface area contributed by atoms with E-state index in [2.05, 4.69) is 20.3 Å². The second-order valence-corrected chi connectivity index (χ2v) is 1.81. The zero-order valence-electron chi connectivity index (χ0n) is 5.49. The predicted octanol–water partition coefficient (Wildman–Crippen LogP) is 0.278. The van der Waals surface area contributed by atoms with Crippen molar-refractivity contribution in [2.24, 2.45) is 16.2 Å². The van der Waals surface area contributed by atoms with Crippen LogP contribution in [0.2, 0.25) is 0 Å². The first-order valence-corrected chi connectivity index (χ1v) is 2.97. The molecule has 1 aromatic heterocycles. The third-order valence-electron chi connectivity index (χ3n) is 1.12. The number of nitrogens with two attached hydrogens (primary N) is 1. The molecule has 0 aliphatic heterocycles. The van der Waals surface area contributed by atoms with E-state index in [0.717, 1.165) is 12.1 Å². The van der Waals surface area contributed by atoms with Crippen LogP contribution in [0.4, 0.5) is 0 Å². The van der Waals surface area contributed by atoms with Crippen LogP contribution in [0, 0.1) is 0 Å². The number of imidazole rings is 1. The Morgan fingerprint density at radius 3 is 3.20 bits per heavy atom. The van der Waals surface area contributed by atoms with Crippen LogP contribution in [0.5, 0.6) is 0 Å². The fourth-order valence-electron chi connectivity index (χ4n) is 0.650. The van der Waals surface area contributed by atoms with Crippen molar-refractivity contribution in [1.29, 1.82) is 0 Å². The average molecular weight is 139 g/mol. The quantitative estimate of drug-likeness (QED) is 0.358. The van der Waals surface area contributed by atoms with E-state index < -0.39 is 0 Å². The van der Waals surface area contributed by atoms with Crippen molar-refractivity contribution in [3.63, 3.8) is 0 Å². The summed E-state index contributed by atoms with van der Waals surface area (Å²) in [4.78, 5) is 6.78. The second kappa shape index (κ2) is 3.60. The molecular formula is C5H9N5. The molecule has 1 heterocycles. The summed E-state index contributed by atoms with van der Waals surface area (Å²) in [6.07, 6.45) is 4.20. The third-order valence-corrected chi connectivity index (χ3v) is 1.12. The van der Waals surface area contributed by atoms with Gasteiger partial charge in [0.1, 0.15) is 0 Å². The standard InChI is InChI=1S/C5H9N5/c6-10-9-2-1-5-3-7-4-8-5/h3-4H,1-2H2,(H2,6,9)(H,7,8). The predicted molar refractivity (Wildman–Crippen MR) is 36.2 cm³/mol. The van der Waals surface area contributed by atoms with E-state index in [1.807, 2.05) is 0 Å². The Morgan fingerprint density at radius 1 is 1.70 bits per heavy atom. The Morgan fingerprint density at radius 2 is 2.60 bits per heavy atom. The molecule has 0 bridgehead atoms. The first kappa shape index (κ1) is 6.73. The third kappa shape index (κ3) is 1.85. The molecule has 54 valence electrons. The summed E-state index contributed by atoms with van der Waals surface area (Å²) in [6.45, 7) is 0.610. The highest BCUT2D eigenvalue weighted by Crippen LogP contribution is 1.91. The van der Waals surface area contributed by atoms with Crippen LogP contribution in [0.15, 0.2) is 22.9 Å². The van der Waals surface area contributed by atoms with Crippen molar-refractivity contribution in [3.8, 4) is 0 Å². The van der Waals surface area contributed by atoms with Crippen molar-refractivity contribution < 1.29 is 0 Å². The van der Waals surface area contributed by atoms with Gasteiger partial charge >= 0.3 is 0 Å². The molecule has 0 amide bonds. The maximum absolute atomic E-state index is 4.80. The summed E-state index contributed by atoms with van der Waals surface area (Å²) in [5.41, 5.74) is 1.05. The minimum absolute atomic E-state index is 0.610. The van der Waals surface area contributed by atoms with Crippen molar-refractivity contribution in [3.05, 3.63) is 18.2 Å². The van der Waals surface area contributed by atoms with Gasteiger partial charge in [-0.05, 0) is 0 Å². The smallest absolute Gasteiger partial charge is 0.0921 e. The van der Waals surface area contributed by atoms with Crippen molar-refractivity contribution >= 4 is 0 Å². The van der Waals surface area contributed by atoms with E-state index in [1.54, 1.807) is 12.5 Å². The maximum atomic E-state index is 4.80. The Kier molecular flexibility index (Phi) is 2.42. The first-order chi connectivity index (χ1) is 4.93. The zero-order valence-corrected chi connectivity index (χ0v) is 5.49. The average Bonchev–Trinajstić information content (AvgIpc) is 2.41. The summed E-state index contributed by atoms with van der Waals surface area (Å²) in [5.74, 6) is 4.80. The van der Waals surface area contributed by atoms with E-state index in [1.165, 1.54) is 0 Å². The first-order valence-electron chi connectivity index (χ1n) is 2.97. The molecule has 5 heteroatoms. The van der Waals surface area contributed by atoms with Gasteiger partial charge < -0.3 is 10.8 Å². The van der Waals surface area contributed by atoms with Gasteiger partial charge in [-0.3, -0.25) is 0 Å². The molecule has 0 spiro atoms. The summed E-state index contributed by atoms with van der Waals surface area (Å²) in [7, 11) is 0. The van der Waals surface area contributed by atoms with Gasteiger partial charge in [-0.1, -0.05) is 5.22 Å². The number of aromatic nitrogens is 2. The number of rotatable bonds is 3. The Labute approximate surface area is 58.3 Å². The SMILES string of the molecule is NN=NCCc1cnc[nH]1. The van der Waals surface area contributed by atoms with E-state index >= 15 is 0 Å². The number of H-pyrrole nitrogens is 1. The largest absolute Gasteiger partial charge is 0.348 e. The summed E-state index contributed by atoms with van der Waals surface area (Å²) in [5, 5.41) is 6.73. The molecule has 0 aliphatic rings. The molecule has 0 radical (unpaired) electrons. The van der Waals surface area contributed by atoms with Gasteiger partial charge in [0.05, 0.1) is 12.9 Å². The van der Waals surface area contributed by atoms with Crippen LogP contribution in [0.25, 0.3) is 0 Å². The number of hydrogen-bond acceptors (Lipinski definition) is 3. The minimum atomic E-state index is 0.610. The van der Waals surface area contributed by atoms with Gasteiger partial charge in [0.2, 0.25) is 0 Å². The monoisotopic (exact) mass is 139 g/mol. The van der Waals surface area contributed by atoms with Gasteiger partial charge in [-0.2, -0.15) is 5.11 Å². The number of nitrogens with one attached hydrogen (secondary N) is 1. The lowest BCUT2D eigenvalue weighted by Gasteiger charge is -1.87. The van der Waals surface area contributed by atoms with Crippen LogP contribution in [-0.4, -0.2) is 16.5 Å². The normalized spacial score (nSPS) is 10.8. The van der Waals surface area contributed by atoms with E-state index in [0.29, 0.717) is 6.54 Å². The molecule has 10 heavy (non-hydrogen) atoms. The van der Waals surface area contributed by atoms with Crippen LogP contribution < -0.4 is 5.84 Å². The minimum Gasteiger partial charge on any atom is -0.348 e. The molecule has 5 nitrogen and oxygen atoms in total. The number of aromatic amines is 1. The van der Waals surface area contributed by atoms with Gasteiger partial charge in [-0.15, -0.1) is 0 Å². The topological polar surface area (TPSA) is 79.4 Å².